The third-order valence-electron chi connectivity index (χ3n) is 3.54. The van der Waals surface area contributed by atoms with Gasteiger partial charge in [0.25, 0.3) is 5.91 Å². The Balaban J connectivity index is 2.14. The number of rotatable bonds is 2. The van der Waals surface area contributed by atoms with E-state index < -0.39 is 12.1 Å². The molecule has 0 spiro atoms. The number of carbonyl (C=O) groups is 1. The molecule has 2 aromatic carbocycles. The summed E-state index contributed by atoms with van der Waals surface area (Å²) in [6, 6.07) is 18.6. The van der Waals surface area contributed by atoms with Crippen LogP contribution in [0.3, 0.4) is 0 Å². The van der Waals surface area contributed by atoms with Gasteiger partial charge in [-0.3, -0.25) is 4.79 Å². The van der Waals surface area contributed by atoms with Crippen LogP contribution in [-0.4, -0.2) is 5.91 Å². The highest BCUT2D eigenvalue weighted by atomic mass is 35.5. The molecule has 3 rings (SSSR count). The third-order valence-corrected chi connectivity index (χ3v) is 4.23. The monoisotopic (exact) mass is 341 g/mol. The van der Waals surface area contributed by atoms with Crippen LogP contribution < -0.4 is 10.2 Å². The quantitative estimate of drug-likeness (QED) is 0.820. The van der Waals surface area contributed by atoms with Crippen molar-refractivity contribution in [3.05, 3.63) is 75.8 Å². The van der Waals surface area contributed by atoms with Gasteiger partial charge in [0.1, 0.15) is 17.8 Å². The number of benzene rings is 2. The van der Waals surface area contributed by atoms with E-state index in [1.54, 1.807) is 12.1 Å². The van der Waals surface area contributed by atoms with Gasteiger partial charge in [-0.25, -0.2) is 0 Å². The zero-order valence-corrected chi connectivity index (χ0v) is 13.6. The molecule has 1 amide bonds. The summed E-state index contributed by atoms with van der Waals surface area (Å²) >= 11 is 10.4. The number of hydrogen-bond acceptors (Lipinski definition) is 4. The molecule has 0 bridgehead atoms. The van der Waals surface area contributed by atoms with Crippen LogP contribution in [0, 0.1) is 11.3 Å². The maximum Gasteiger partial charge on any atom is 0.266 e. The van der Waals surface area contributed by atoms with Crippen molar-refractivity contribution in [3.63, 3.8) is 0 Å². The molecular weight excluding hydrogens is 330 g/mol. The van der Waals surface area contributed by atoms with Gasteiger partial charge in [0.15, 0.2) is 0 Å². The molecule has 0 aliphatic carbocycles. The summed E-state index contributed by atoms with van der Waals surface area (Å²) in [5, 5.41) is 13.0. The number of halogens is 1. The molecule has 1 N–H and O–H groups in total. The van der Waals surface area contributed by atoms with Gasteiger partial charge in [0, 0.05) is 10.7 Å². The lowest BCUT2D eigenvalue weighted by atomic mass is 10.1. The second-order valence-electron chi connectivity index (χ2n) is 4.94. The second-order valence-corrected chi connectivity index (χ2v) is 5.80. The van der Waals surface area contributed by atoms with E-state index in [0.717, 1.165) is 11.3 Å². The van der Waals surface area contributed by atoms with Crippen LogP contribution in [0.1, 0.15) is 11.7 Å². The number of amides is 1. The Hall–Kier alpha value is -2.42. The Morgan fingerprint density at radius 3 is 2.39 bits per heavy atom. The number of anilines is 1. The minimum atomic E-state index is -0.466. The average Bonchev–Trinajstić information content (AvgIpc) is 2.56. The third kappa shape index (κ3) is 2.91. The minimum Gasteiger partial charge on any atom is -0.327 e. The lowest BCUT2D eigenvalue weighted by Crippen LogP contribution is -2.46. The van der Waals surface area contributed by atoms with Gasteiger partial charge in [-0.05, 0) is 29.8 Å². The van der Waals surface area contributed by atoms with E-state index in [2.05, 4.69) is 17.9 Å². The Bertz CT molecular complexity index is 812. The second kappa shape index (κ2) is 6.37. The van der Waals surface area contributed by atoms with Crippen molar-refractivity contribution in [1.82, 2.24) is 5.32 Å². The largest absolute Gasteiger partial charge is 0.327 e. The summed E-state index contributed by atoms with van der Waals surface area (Å²) in [5.41, 5.74) is 1.66. The SMILES string of the molecule is N#CC1=C(S)N(c2ccccc2)[C@H](c2ccc(Cl)cc2)NC1=O. The van der Waals surface area contributed by atoms with Crippen molar-refractivity contribution in [3.8, 4) is 6.07 Å². The Kier molecular flexibility index (Phi) is 4.28. The Morgan fingerprint density at radius 1 is 1.13 bits per heavy atom. The summed E-state index contributed by atoms with van der Waals surface area (Å²) in [7, 11) is 0. The van der Waals surface area contributed by atoms with E-state index in [1.807, 2.05) is 53.4 Å². The molecule has 1 aliphatic rings. The van der Waals surface area contributed by atoms with Crippen LogP contribution in [0.5, 0.6) is 0 Å². The van der Waals surface area contributed by atoms with Crippen LogP contribution in [-0.2, 0) is 4.79 Å². The predicted molar refractivity (Wildman–Crippen MR) is 92.9 cm³/mol. The number of nitriles is 1. The van der Waals surface area contributed by atoms with Crippen molar-refractivity contribution >= 4 is 35.8 Å². The van der Waals surface area contributed by atoms with Crippen molar-refractivity contribution < 1.29 is 4.79 Å². The minimum absolute atomic E-state index is 0.0117. The standard InChI is InChI=1S/C17H12ClN3OS/c18-12-8-6-11(7-9-12)15-20-16(22)14(10-19)17(23)21(15)13-4-2-1-3-5-13/h1-9,15,23H,(H,20,22)/t15-/m1/s1. The first-order valence-corrected chi connectivity index (χ1v) is 7.68. The van der Waals surface area contributed by atoms with Crippen LogP contribution in [0.15, 0.2) is 65.2 Å². The van der Waals surface area contributed by atoms with Gasteiger partial charge < -0.3 is 10.2 Å². The maximum atomic E-state index is 12.2. The fourth-order valence-electron chi connectivity index (χ4n) is 2.44. The van der Waals surface area contributed by atoms with E-state index in [0.29, 0.717) is 10.1 Å². The summed E-state index contributed by atoms with van der Waals surface area (Å²) < 4.78 is 0. The molecular formula is C17H12ClN3OS. The van der Waals surface area contributed by atoms with Crippen molar-refractivity contribution in [1.29, 1.82) is 5.26 Å². The van der Waals surface area contributed by atoms with E-state index >= 15 is 0 Å². The van der Waals surface area contributed by atoms with Gasteiger partial charge in [0.05, 0.1) is 5.03 Å². The molecule has 23 heavy (non-hydrogen) atoms. The zero-order valence-electron chi connectivity index (χ0n) is 11.9. The van der Waals surface area contributed by atoms with E-state index in [1.165, 1.54) is 0 Å². The molecule has 0 saturated heterocycles. The average molecular weight is 342 g/mol. The molecule has 1 heterocycles. The van der Waals surface area contributed by atoms with Gasteiger partial charge >= 0.3 is 0 Å². The molecule has 1 aliphatic heterocycles. The normalized spacial score (nSPS) is 17.7. The first kappa shape index (κ1) is 15.5. The topological polar surface area (TPSA) is 56.1 Å². The molecule has 0 saturated carbocycles. The fraction of sp³-hybridized carbons (Fsp3) is 0.0588. The molecule has 6 heteroatoms. The number of para-hydroxylation sites is 1. The highest BCUT2D eigenvalue weighted by Crippen LogP contribution is 2.35. The molecule has 4 nitrogen and oxygen atoms in total. The lowest BCUT2D eigenvalue weighted by molar-refractivity contribution is -0.118. The summed E-state index contributed by atoms with van der Waals surface area (Å²) in [5.74, 6) is -0.440. The number of nitrogens with zero attached hydrogens (tertiary/aromatic N) is 2. The first-order valence-electron chi connectivity index (χ1n) is 6.86. The number of thiol groups is 1. The predicted octanol–water partition coefficient (Wildman–Crippen LogP) is 3.64. The molecule has 0 radical (unpaired) electrons. The maximum absolute atomic E-state index is 12.2. The highest BCUT2D eigenvalue weighted by molar-refractivity contribution is 7.84. The van der Waals surface area contributed by atoms with Crippen LogP contribution in [0.4, 0.5) is 5.69 Å². The molecule has 2 aromatic rings. The van der Waals surface area contributed by atoms with Crippen molar-refractivity contribution in [2.45, 2.75) is 6.17 Å². The molecule has 0 unspecified atom stereocenters. The van der Waals surface area contributed by atoms with Crippen LogP contribution >= 0.6 is 24.2 Å². The van der Waals surface area contributed by atoms with Crippen LogP contribution in [0.2, 0.25) is 5.02 Å². The summed E-state index contributed by atoms with van der Waals surface area (Å²) in [6.45, 7) is 0. The van der Waals surface area contributed by atoms with Gasteiger partial charge in [-0.1, -0.05) is 41.9 Å². The number of hydrogen-bond donors (Lipinski definition) is 2. The number of nitrogens with one attached hydrogen (secondary N) is 1. The van der Waals surface area contributed by atoms with Gasteiger partial charge in [-0.2, -0.15) is 5.26 Å². The van der Waals surface area contributed by atoms with Crippen molar-refractivity contribution in [2.75, 3.05) is 4.90 Å². The zero-order chi connectivity index (χ0) is 16.4. The molecule has 1 atom stereocenters. The molecule has 0 fully saturated rings. The smallest absolute Gasteiger partial charge is 0.266 e. The lowest BCUT2D eigenvalue weighted by Gasteiger charge is -2.38. The van der Waals surface area contributed by atoms with Crippen molar-refractivity contribution in [2.24, 2.45) is 0 Å². The highest BCUT2D eigenvalue weighted by Gasteiger charge is 2.33. The summed E-state index contributed by atoms with van der Waals surface area (Å²) in [6.07, 6.45) is -0.466. The van der Waals surface area contributed by atoms with Gasteiger partial charge in [-0.15, -0.1) is 12.6 Å². The fourth-order valence-corrected chi connectivity index (χ4v) is 2.95. The molecule has 114 valence electrons. The number of carbonyl (C=O) groups excluding carboxylic acids is 1. The molecule has 0 aromatic heterocycles. The van der Waals surface area contributed by atoms with E-state index in [4.69, 9.17) is 11.6 Å². The Morgan fingerprint density at radius 2 is 1.78 bits per heavy atom. The van der Waals surface area contributed by atoms with E-state index in [9.17, 15) is 10.1 Å². The van der Waals surface area contributed by atoms with Crippen LogP contribution in [0.25, 0.3) is 0 Å². The first-order chi connectivity index (χ1) is 11.1. The Labute approximate surface area is 144 Å². The van der Waals surface area contributed by atoms with Gasteiger partial charge in [0.2, 0.25) is 0 Å². The summed E-state index contributed by atoms with van der Waals surface area (Å²) in [4.78, 5) is 14.0. The van der Waals surface area contributed by atoms with E-state index in [-0.39, 0.29) is 5.57 Å².